The Morgan fingerprint density at radius 2 is 2.07 bits per heavy atom. The summed E-state index contributed by atoms with van der Waals surface area (Å²) < 4.78 is 38.8. The molecule has 1 unspecified atom stereocenters. The first-order valence-corrected chi connectivity index (χ1v) is 10.6. The van der Waals surface area contributed by atoms with Crippen LogP contribution in [-0.2, 0) is 10.0 Å². The van der Waals surface area contributed by atoms with Crippen molar-refractivity contribution in [3.8, 4) is 11.6 Å². The first-order valence-electron chi connectivity index (χ1n) is 9.21. The third-order valence-corrected chi connectivity index (χ3v) is 6.40. The highest BCUT2D eigenvalue weighted by molar-refractivity contribution is 7.89. The fourth-order valence-corrected chi connectivity index (χ4v) is 4.61. The number of hydrogen-bond donors (Lipinski definition) is 0. The fraction of sp³-hybridized carbons (Fsp3) is 0.474. The quantitative estimate of drug-likeness (QED) is 0.696. The minimum absolute atomic E-state index is 0.259. The number of hydrogen-bond acceptors (Lipinski definition) is 7. The molecule has 1 saturated heterocycles. The van der Waals surface area contributed by atoms with Gasteiger partial charge in [0.15, 0.2) is 5.82 Å². The van der Waals surface area contributed by atoms with Crippen molar-refractivity contribution < 1.29 is 17.9 Å². The van der Waals surface area contributed by atoms with Crippen LogP contribution in [0.15, 0.2) is 35.5 Å². The molecule has 1 aliphatic rings. The van der Waals surface area contributed by atoms with Crippen LogP contribution in [-0.4, -0.2) is 62.6 Å². The Morgan fingerprint density at radius 3 is 2.75 bits per heavy atom. The average Bonchev–Trinajstić information content (AvgIpc) is 3.13. The maximum atomic E-state index is 13.0. The van der Waals surface area contributed by atoms with Crippen molar-refractivity contribution in [1.29, 1.82) is 0 Å². The van der Waals surface area contributed by atoms with E-state index in [2.05, 4.69) is 9.97 Å². The molecule has 1 fully saturated rings. The van der Waals surface area contributed by atoms with Crippen molar-refractivity contribution in [3.05, 3.63) is 36.2 Å². The normalized spacial score (nSPS) is 17.5. The van der Waals surface area contributed by atoms with Gasteiger partial charge in [-0.15, -0.1) is 0 Å². The second-order valence-corrected chi connectivity index (χ2v) is 8.80. The molecule has 2 heterocycles. The Bertz CT molecular complexity index is 933. The molecule has 1 aromatic heterocycles. The number of anilines is 1. The van der Waals surface area contributed by atoms with Crippen LogP contribution in [0, 0.1) is 6.92 Å². The summed E-state index contributed by atoms with van der Waals surface area (Å²) in [6.45, 7) is 4.96. The zero-order valence-corrected chi connectivity index (χ0v) is 17.4. The molecule has 0 N–H and O–H groups in total. The predicted octanol–water partition coefficient (Wildman–Crippen LogP) is 2.09. The number of benzene rings is 1. The van der Waals surface area contributed by atoms with Gasteiger partial charge in [0.05, 0.1) is 30.4 Å². The number of aryl methyl sites for hydroxylation is 1. The lowest BCUT2D eigenvalue weighted by Gasteiger charge is -2.18. The van der Waals surface area contributed by atoms with Crippen LogP contribution in [0.4, 0.5) is 5.82 Å². The molecule has 9 heteroatoms. The first-order chi connectivity index (χ1) is 13.3. The first kappa shape index (κ1) is 20.3. The molecule has 2 aromatic rings. The van der Waals surface area contributed by atoms with Gasteiger partial charge in [-0.25, -0.2) is 8.42 Å². The van der Waals surface area contributed by atoms with Crippen molar-refractivity contribution in [1.82, 2.24) is 14.3 Å². The minimum atomic E-state index is -3.59. The molecule has 3 rings (SSSR count). The number of sulfonamides is 1. The van der Waals surface area contributed by atoms with Gasteiger partial charge in [0.1, 0.15) is 11.9 Å². The van der Waals surface area contributed by atoms with E-state index in [-0.39, 0.29) is 17.5 Å². The van der Waals surface area contributed by atoms with Gasteiger partial charge in [-0.05, 0) is 44.0 Å². The van der Waals surface area contributed by atoms with Crippen molar-refractivity contribution in [3.63, 3.8) is 0 Å². The molecular formula is C19H26N4O4S. The van der Waals surface area contributed by atoms with Gasteiger partial charge in [0, 0.05) is 20.6 Å². The van der Waals surface area contributed by atoms with E-state index in [9.17, 15) is 8.42 Å². The van der Waals surface area contributed by atoms with Crippen LogP contribution < -0.4 is 14.4 Å². The van der Waals surface area contributed by atoms with Crippen molar-refractivity contribution >= 4 is 15.8 Å². The summed E-state index contributed by atoms with van der Waals surface area (Å²) in [5.41, 5.74) is 0.797. The van der Waals surface area contributed by atoms with Gasteiger partial charge >= 0.3 is 0 Å². The topological polar surface area (TPSA) is 84.9 Å². The monoisotopic (exact) mass is 406 g/mol. The summed E-state index contributed by atoms with van der Waals surface area (Å²) in [5, 5.41) is 0. The van der Waals surface area contributed by atoms with Gasteiger partial charge in [0.25, 0.3) is 0 Å². The minimum Gasteiger partial charge on any atom is -0.494 e. The molecular weight excluding hydrogens is 380 g/mol. The lowest BCUT2D eigenvalue weighted by Crippen LogP contribution is -2.31. The molecule has 1 atom stereocenters. The van der Waals surface area contributed by atoms with Gasteiger partial charge in [-0.1, -0.05) is 0 Å². The Labute approximate surface area is 166 Å². The Morgan fingerprint density at radius 1 is 1.29 bits per heavy atom. The molecule has 1 aromatic carbocycles. The van der Waals surface area contributed by atoms with Crippen LogP contribution in [0.3, 0.4) is 0 Å². The standard InChI is InChI=1S/C19H26N4O4S/c1-5-26-17-7-6-16(10-14(17)2)28(24,25)23-9-8-15(13-23)27-19-12-20-11-18(21-19)22(3)4/h6-7,10-12,15H,5,8-9,13H2,1-4H3. The van der Waals surface area contributed by atoms with Crippen LogP contribution in [0.1, 0.15) is 18.9 Å². The fourth-order valence-electron chi connectivity index (χ4n) is 3.04. The zero-order chi connectivity index (χ0) is 20.3. The highest BCUT2D eigenvalue weighted by atomic mass is 32.2. The number of aromatic nitrogens is 2. The number of ether oxygens (including phenoxy) is 2. The van der Waals surface area contributed by atoms with Gasteiger partial charge in [-0.3, -0.25) is 4.98 Å². The lowest BCUT2D eigenvalue weighted by molar-refractivity contribution is 0.206. The second kappa shape index (κ2) is 8.32. The van der Waals surface area contributed by atoms with E-state index in [0.29, 0.717) is 37.0 Å². The molecule has 28 heavy (non-hydrogen) atoms. The maximum Gasteiger partial charge on any atom is 0.243 e. The summed E-state index contributed by atoms with van der Waals surface area (Å²) >= 11 is 0. The van der Waals surface area contributed by atoms with E-state index in [1.165, 1.54) is 4.31 Å². The molecule has 0 spiro atoms. The molecule has 1 aliphatic heterocycles. The van der Waals surface area contributed by atoms with Crippen LogP contribution in [0.2, 0.25) is 0 Å². The van der Waals surface area contributed by atoms with E-state index in [4.69, 9.17) is 9.47 Å². The summed E-state index contributed by atoms with van der Waals surface area (Å²) in [4.78, 5) is 10.6. The van der Waals surface area contributed by atoms with E-state index < -0.39 is 10.0 Å². The highest BCUT2D eigenvalue weighted by Crippen LogP contribution is 2.27. The summed E-state index contributed by atoms with van der Waals surface area (Å²) in [7, 11) is 0.157. The van der Waals surface area contributed by atoms with Crippen LogP contribution in [0.5, 0.6) is 11.6 Å². The molecule has 0 bridgehead atoms. The molecule has 0 aliphatic carbocycles. The highest BCUT2D eigenvalue weighted by Gasteiger charge is 2.34. The van der Waals surface area contributed by atoms with Gasteiger partial charge in [-0.2, -0.15) is 9.29 Å². The molecule has 0 radical (unpaired) electrons. The van der Waals surface area contributed by atoms with E-state index in [1.807, 2.05) is 32.8 Å². The van der Waals surface area contributed by atoms with Crippen molar-refractivity contribution in [2.24, 2.45) is 0 Å². The van der Waals surface area contributed by atoms with Crippen molar-refractivity contribution in [2.45, 2.75) is 31.3 Å². The third kappa shape index (κ3) is 4.36. The molecule has 0 amide bonds. The number of nitrogens with zero attached hydrogens (tertiary/aromatic N) is 4. The van der Waals surface area contributed by atoms with E-state index in [1.54, 1.807) is 30.6 Å². The Hall–Kier alpha value is -2.39. The van der Waals surface area contributed by atoms with Gasteiger partial charge in [0.2, 0.25) is 15.9 Å². The summed E-state index contributed by atoms with van der Waals surface area (Å²) in [6, 6.07) is 4.95. The van der Waals surface area contributed by atoms with E-state index >= 15 is 0 Å². The largest absolute Gasteiger partial charge is 0.494 e. The SMILES string of the molecule is CCOc1ccc(S(=O)(=O)N2CCC(Oc3cncc(N(C)C)n3)C2)cc1C. The van der Waals surface area contributed by atoms with Crippen LogP contribution >= 0.6 is 0 Å². The van der Waals surface area contributed by atoms with Crippen molar-refractivity contribution in [2.75, 3.05) is 38.7 Å². The number of rotatable bonds is 7. The smallest absolute Gasteiger partial charge is 0.243 e. The average molecular weight is 407 g/mol. The zero-order valence-electron chi connectivity index (χ0n) is 16.6. The summed E-state index contributed by atoms with van der Waals surface area (Å²) in [5.74, 6) is 1.78. The molecule has 152 valence electrons. The lowest BCUT2D eigenvalue weighted by atomic mass is 10.2. The molecule has 8 nitrogen and oxygen atoms in total. The Kier molecular flexibility index (Phi) is 6.04. The third-order valence-electron chi connectivity index (χ3n) is 4.54. The second-order valence-electron chi connectivity index (χ2n) is 6.86. The summed E-state index contributed by atoms with van der Waals surface area (Å²) in [6.07, 6.45) is 3.53. The predicted molar refractivity (Wildman–Crippen MR) is 106 cm³/mol. The maximum absolute atomic E-state index is 13.0. The van der Waals surface area contributed by atoms with E-state index in [0.717, 1.165) is 5.56 Å². The van der Waals surface area contributed by atoms with Crippen LogP contribution in [0.25, 0.3) is 0 Å². The van der Waals surface area contributed by atoms with Gasteiger partial charge < -0.3 is 14.4 Å². The molecule has 0 saturated carbocycles. The Balaban J connectivity index is 1.70.